The van der Waals surface area contributed by atoms with Crippen LogP contribution >= 0.6 is 12.2 Å². The Balaban J connectivity index is 1.73. The summed E-state index contributed by atoms with van der Waals surface area (Å²) in [5.74, 6) is 1.92. The highest BCUT2D eigenvalue weighted by Crippen LogP contribution is 2.29. The number of nitrogens with one attached hydrogen (secondary N) is 3. The molecule has 132 valence electrons. The summed E-state index contributed by atoms with van der Waals surface area (Å²) in [7, 11) is 1.62. The van der Waals surface area contributed by atoms with Gasteiger partial charge in [-0.25, -0.2) is 0 Å². The third kappa shape index (κ3) is 5.37. The zero-order chi connectivity index (χ0) is 17.5. The number of hydrogen-bond acceptors (Lipinski definition) is 3. The Kier molecular flexibility index (Phi) is 6.85. The van der Waals surface area contributed by atoms with E-state index in [4.69, 9.17) is 17.0 Å². The van der Waals surface area contributed by atoms with E-state index in [2.05, 4.69) is 30.0 Å². The second kappa shape index (κ2) is 8.87. The van der Waals surface area contributed by atoms with Crippen LogP contribution in [0.2, 0.25) is 0 Å². The molecule has 0 radical (unpaired) electrons. The summed E-state index contributed by atoms with van der Waals surface area (Å²) in [6.45, 7) is 4.54. The number of thiocarbonyl (C=S) groups is 1. The van der Waals surface area contributed by atoms with Gasteiger partial charge < -0.3 is 10.1 Å². The van der Waals surface area contributed by atoms with Gasteiger partial charge >= 0.3 is 0 Å². The minimum Gasteiger partial charge on any atom is -0.497 e. The summed E-state index contributed by atoms with van der Waals surface area (Å²) in [4.78, 5) is 12.0. The predicted octanol–water partition coefficient (Wildman–Crippen LogP) is 2.56. The fourth-order valence-electron chi connectivity index (χ4n) is 3.09. The van der Waals surface area contributed by atoms with Crippen LogP contribution in [-0.4, -0.2) is 24.2 Å². The zero-order valence-corrected chi connectivity index (χ0v) is 15.4. The normalized spacial score (nSPS) is 23.2. The Morgan fingerprint density at radius 2 is 1.92 bits per heavy atom. The Bertz CT molecular complexity index is 562. The molecule has 1 aliphatic carbocycles. The highest BCUT2D eigenvalue weighted by Gasteiger charge is 2.27. The molecule has 1 saturated carbocycles. The van der Waals surface area contributed by atoms with E-state index in [9.17, 15) is 4.79 Å². The lowest BCUT2D eigenvalue weighted by Crippen LogP contribution is -2.52. The van der Waals surface area contributed by atoms with Crippen LogP contribution in [0.4, 0.5) is 0 Å². The van der Waals surface area contributed by atoms with Gasteiger partial charge in [0.25, 0.3) is 0 Å². The minimum absolute atomic E-state index is 0.130. The maximum absolute atomic E-state index is 12.0. The predicted molar refractivity (Wildman–Crippen MR) is 99.7 cm³/mol. The molecule has 3 atom stereocenters. The lowest BCUT2D eigenvalue weighted by molar-refractivity contribution is -0.121. The number of carbonyl (C=O) groups excluding carboxylic acids is 1. The number of hydrogen-bond donors (Lipinski definition) is 3. The van der Waals surface area contributed by atoms with Crippen LogP contribution in [0.5, 0.6) is 5.75 Å². The minimum atomic E-state index is -0.130. The van der Waals surface area contributed by atoms with E-state index in [0.717, 1.165) is 17.7 Å². The quantitative estimate of drug-likeness (QED) is 0.576. The number of benzene rings is 1. The third-order valence-corrected chi connectivity index (χ3v) is 5.08. The number of hydrazine groups is 1. The molecular weight excluding hydrogens is 322 g/mol. The molecule has 2 rings (SSSR count). The van der Waals surface area contributed by atoms with Crippen molar-refractivity contribution in [3.8, 4) is 5.75 Å². The zero-order valence-electron chi connectivity index (χ0n) is 14.6. The molecular formula is C18H27N3O2S. The highest BCUT2D eigenvalue weighted by molar-refractivity contribution is 7.80. The first-order valence-electron chi connectivity index (χ1n) is 8.48. The van der Waals surface area contributed by atoms with Crippen molar-refractivity contribution in [2.75, 3.05) is 7.11 Å². The van der Waals surface area contributed by atoms with Crippen LogP contribution in [0.25, 0.3) is 0 Å². The Morgan fingerprint density at radius 1 is 1.21 bits per heavy atom. The SMILES string of the molecule is COc1ccc(CC(=O)NNC(=S)N[C@@H]2CCC[C@@H](C)[C@H]2C)cc1. The molecule has 0 heterocycles. The molecule has 0 unspecified atom stereocenters. The molecule has 6 heteroatoms. The largest absolute Gasteiger partial charge is 0.497 e. The van der Waals surface area contributed by atoms with Crippen molar-refractivity contribution in [2.45, 2.75) is 45.6 Å². The van der Waals surface area contributed by atoms with E-state index in [1.165, 1.54) is 12.8 Å². The molecule has 0 aromatic heterocycles. The van der Waals surface area contributed by atoms with Crippen LogP contribution in [0, 0.1) is 11.8 Å². The molecule has 0 saturated heterocycles. The number of rotatable bonds is 4. The monoisotopic (exact) mass is 349 g/mol. The number of ether oxygens (including phenoxy) is 1. The van der Waals surface area contributed by atoms with Crippen molar-refractivity contribution < 1.29 is 9.53 Å². The summed E-state index contributed by atoms with van der Waals surface area (Å²) < 4.78 is 5.10. The fourth-order valence-corrected chi connectivity index (χ4v) is 3.29. The molecule has 1 aliphatic rings. The van der Waals surface area contributed by atoms with Crippen molar-refractivity contribution in [3.63, 3.8) is 0 Å². The third-order valence-electron chi connectivity index (χ3n) is 4.86. The summed E-state index contributed by atoms with van der Waals surface area (Å²) >= 11 is 5.29. The van der Waals surface area contributed by atoms with E-state index in [1.807, 2.05) is 24.3 Å². The van der Waals surface area contributed by atoms with Gasteiger partial charge in [0.15, 0.2) is 5.11 Å². The molecule has 3 N–H and O–H groups in total. The molecule has 0 bridgehead atoms. The van der Waals surface area contributed by atoms with Crippen LogP contribution in [-0.2, 0) is 11.2 Å². The second-order valence-corrected chi connectivity index (χ2v) is 6.95. The number of methoxy groups -OCH3 is 1. The van der Waals surface area contributed by atoms with E-state index >= 15 is 0 Å². The van der Waals surface area contributed by atoms with E-state index in [-0.39, 0.29) is 12.3 Å². The van der Waals surface area contributed by atoms with Gasteiger partial charge in [-0.15, -0.1) is 0 Å². The van der Waals surface area contributed by atoms with Gasteiger partial charge in [-0.05, 0) is 48.2 Å². The van der Waals surface area contributed by atoms with Crippen LogP contribution < -0.4 is 20.9 Å². The molecule has 1 amide bonds. The lowest BCUT2D eigenvalue weighted by Gasteiger charge is -2.35. The average molecular weight is 350 g/mol. The van der Waals surface area contributed by atoms with Gasteiger partial charge in [0.2, 0.25) is 5.91 Å². The summed E-state index contributed by atoms with van der Waals surface area (Å²) in [5.41, 5.74) is 6.38. The van der Waals surface area contributed by atoms with Gasteiger partial charge in [0.05, 0.1) is 13.5 Å². The van der Waals surface area contributed by atoms with E-state index < -0.39 is 0 Å². The van der Waals surface area contributed by atoms with Crippen LogP contribution in [0.3, 0.4) is 0 Å². The van der Waals surface area contributed by atoms with Crippen molar-refractivity contribution >= 4 is 23.2 Å². The molecule has 1 aromatic rings. The van der Waals surface area contributed by atoms with Gasteiger partial charge in [0.1, 0.15) is 5.75 Å². The molecule has 1 fully saturated rings. The topological polar surface area (TPSA) is 62.4 Å². The number of amides is 1. The van der Waals surface area contributed by atoms with Crippen molar-refractivity contribution in [1.29, 1.82) is 0 Å². The maximum Gasteiger partial charge on any atom is 0.242 e. The first-order valence-corrected chi connectivity index (χ1v) is 8.88. The lowest BCUT2D eigenvalue weighted by atomic mass is 9.78. The average Bonchev–Trinajstić information content (AvgIpc) is 2.58. The summed E-state index contributed by atoms with van der Waals surface area (Å²) in [6, 6.07) is 7.80. The van der Waals surface area contributed by atoms with Crippen LogP contribution in [0.15, 0.2) is 24.3 Å². The molecule has 5 nitrogen and oxygen atoms in total. The first kappa shape index (κ1) is 18.5. The molecule has 0 aliphatic heterocycles. The Morgan fingerprint density at radius 3 is 2.58 bits per heavy atom. The maximum atomic E-state index is 12.0. The summed E-state index contributed by atoms with van der Waals surface area (Å²) in [6.07, 6.45) is 3.90. The Labute approximate surface area is 149 Å². The van der Waals surface area contributed by atoms with Crippen LogP contribution in [0.1, 0.15) is 38.7 Å². The van der Waals surface area contributed by atoms with Gasteiger partial charge in [0, 0.05) is 6.04 Å². The highest BCUT2D eigenvalue weighted by atomic mass is 32.1. The molecule has 1 aromatic carbocycles. The molecule has 24 heavy (non-hydrogen) atoms. The van der Waals surface area contributed by atoms with Gasteiger partial charge in [-0.2, -0.15) is 0 Å². The van der Waals surface area contributed by atoms with Gasteiger partial charge in [-0.3, -0.25) is 15.6 Å². The number of carbonyl (C=O) groups is 1. The first-order chi connectivity index (χ1) is 11.5. The van der Waals surface area contributed by atoms with Crippen molar-refractivity contribution in [2.24, 2.45) is 11.8 Å². The van der Waals surface area contributed by atoms with E-state index in [1.54, 1.807) is 7.11 Å². The molecule has 0 spiro atoms. The Hall–Kier alpha value is -1.82. The van der Waals surface area contributed by atoms with Crippen molar-refractivity contribution in [3.05, 3.63) is 29.8 Å². The summed E-state index contributed by atoms with van der Waals surface area (Å²) in [5, 5.41) is 3.80. The standard InChI is InChI=1S/C18H27N3O2S/c1-12-5-4-6-16(13(12)2)19-18(24)21-20-17(22)11-14-7-9-15(23-3)10-8-14/h7-10,12-13,16H,4-6,11H2,1-3H3,(H,20,22)(H2,19,21,24)/t12-,13-,16-/m1/s1. The second-order valence-electron chi connectivity index (χ2n) is 6.55. The van der Waals surface area contributed by atoms with E-state index in [0.29, 0.717) is 23.0 Å². The smallest absolute Gasteiger partial charge is 0.242 e. The van der Waals surface area contributed by atoms with Gasteiger partial charge in [-0.1, -0.05) is 38.8 Å². The fraction of sp³-hybridized carbons (Fsp3) is 0.556. The van der Waals surface area contributed by atoms with Crippen molar-refractivity contribution in [1.82, 2.24) is 16.2 Å².